The smallest absolute Gasteiger partial charge is 0.169 e. The fourth-order valence-corrected chi connectivity index (χ4v) is 1.66. The van der Waals surface area contributed by atoms with Crippen molar-refractivity contribution >= 4 is 5.78 Å². The van der Waals surface area contributed by atoms with Crippen LogP contribution in [0.25, 0.3) is 0 Å². The summed E-state index contributed by atoms with van der Waals surface area (Å²) >= 11 is 0. The van der Waals surface area contributed by atoms with E-state index < -0.39 is 0 Å². The first kappa shape index (κ1) is 12.8. The molecular formula is C14H20O2. The third-order valence-corrected chi connectivity index (χ3v) is 2.75. The number of carbonyl (C=O) groups is 1. The molecule has 1 aromatic rings. The summed E-state index contributed by atoms with van der Waals surface area (Å²) in [5.41, 5.74) is 2.53. The summed E-state index contributed by atoms with van der Waals surface area (Å²) in [6.45, 7) is 9.72. The molecule has 0 saturated carbocycles. The van der Waals surface area contributed by atoms with Gasteiger partial charge in [0, 0.05) is 0 Å². The molecule has 0 aliphatic heterocycles. The van der Waals surface area contributed by atoms with Crippen LogP contribution in [0.4, 0.5) is 0 Å². The van der Waals surface area contributed by atoms with E-state index >= 15 is 0 Å². The van der Waals surface area contributed by atoms with Gasteiger partial charge in [0.1, 0.15) is 5.75 Å². The maximum absolute atomic E-state index is 11.1. The largest absolute Gasteiger partial charge is 0.483 e. The van der Waals surface area contributed by atoms with Gasteiger partial charge in [-0.25, -0.2) is 0 Å². The molecule has 0 amide bonds. The standard InChI is InChI=1S/C14H20O2/c1-9(2)14-7-6-13(8-10(14)3)16-12(5)11(4)15/h6-9,12H,1-5H3. The molecule has 1 aromatic carbocycles. The lowest BCUT2D eigenvalue weighted by Crippen LogP contribution is -2.20. The zero-order valence-electron chi connectivity index (χ0n) is 10.7. The van der Waals surface area contributed by atoms with Crippen LogP contribution in [0.3, 0.4) is 0 Å². The number of benzene rings is 1. The highest BCUT2D eigenvalue weighted by molar-refractivity contribution is 5.80. The maximum Gasteiger partial charge on any atom is 0.169 e. The van der Waals surface area contributed by atoms with Crippen LogP contribution < -0.4 is 4.74 Å². The molecule has 1 unspecified atom stereocenters. The number of Topliss-reactive ketones (excluding diaryl/α,β-unsaturated/α-hetero) is 1. The maximum atomic E-state index is 11.1. The Bertz CT molecular complexity index is 380. The topological polar surface area (TPSA) is 26.3 Å². The van der Waals surface area contributed by atoms with Crippen LogP contribution in [0.5, 0.6) is 5.75 Å². The molecule has 0 bridgehead atoms. The summed E-state index contributed by atoms with van der Waals surface area (Å²) in [5.74, 6) is 1.33. The number of ether oxygens (including phenoxy) is 1. The Labute approximate surface area is 97.6 Å². The molecule has 0 aliphatic carbocycles. The van der Waals surface area contributed by atoms with Gasteiger partial charge >= 0.3 is 0 Å². The first-order valence-corrected chi connectivity index (χ1v) is 5.69. The molecule has 2 heteroatoms. The molecule has 16 heavy (non-hydrogen) atoms. The van der Waals surface area contributed by atoms with Gasteiger partial charge < -0.3 is 4.74 Å². The Morgan fingerprint density at radius 3 is 2.31 bits per heavy atom. The van der Waals surface area contributed by atoms with E-state index in [1.165, 1.54) is 11.1 Å². The molecule has 0 N–H and O–H groups in total. The van der Waals surface area contributed by atoms with E-state index in [9.17, 15) is 4.79 Å². The lowest BCUT2D eigenvalue weighted by Gasteiger charge is -2.15. The van der Waals surface area contributed by atoms with Gasteiger partial charge in [-0.2, -0.15) is 0 Å². The van der Waals surface area contributed by atoms with Crippen molar-refractivity contribution in [2.24, 2.45) is 0 Å². The van der Waals surface area contributed by atoms with Crippen LogP contribution in [0.2, 0.25) is 0 Å². The van der Waals surface area contributed by atoms with Crippen molar-refractivity contribution < 1.29 is 9.53 Å². The van der Waals surface area contributed by atoms with Crippen molar-refractivity contribution in [3.05, 3.63) is 29.3 Å². The minimum Gasteiger partial charge on any atom is -0.483 e. The summed E-state index contributed by atoms with van der Waals surface area (Å²) in [7, 11) is 0. The minimum atomic E-state index is -0.371. The summed E-state index contributed by atoms with van der Waals surface area (Å²) in [4.78, 5) is 11.1. The predicted molar refractivity (Wildman–Crippen MR) is 66.0 cm³/mol. The predicted octanol–water partition coefficient (Wildman–Crippen LogP) is 3.47. The van der Waals surface area contributed by atoms with Gasteiger partial charge in [0.15, 0.2) is 11.9 Å². The number of ketones is 1. The molecule has 1 atom stereocenters. The fraction of sp³-hybridized carbons (Fsp3) is 0.500. The van der Waals surface area contributed by atoms with Gasteiger partial charge in [-0.15, -0.1) is 0 Å². The molecule has 0 aromatic heterocycles. The number of hydrogen-bond donors (Lipinski definition) is 0. The molecule has 0 aliphatic rings. The highest BCUT2D eigenvalue weighted by atomic mass is 16.5. The van der Waals surface area contributed by atoms with E-state index in [1.54, 1.807) is 13.8 Å². The molecule has 0 heterocycles. The summed E-state index contributed by atoms with van der Waals surface area (Å²) < 4.78 is 5.54. The quantitative estimate of drug-likeness (QED) is 0.776. The van der Waals surface area contributed by atoms with Crippen LogP contribution in [0, 0.1) is 6.92 Å². The second-order valence-electron chi connectivity index (χ2n) is 4.54. The molecule has 0 radical (unpaired) electrons. The highest BCUT2D eigenvalue weighted by Gasteiger charge is 2.10. The number of carbonyl (C=O) groups excluding carboxylic acids is 1. The van der Waals surface area contributed by atoms with Gasteiger partial charge in [0.2, 0.25) is 0 Å². The van der Waals surface area contributed by atoms with Crippen LogP contribution >= 0.6 is 0 Å². The van der Waals surface area contributed by atoms with Gasteiger partial charge in [-0.1, -0.05) is 19.9 Å². The fourth-order valence-electron chi connectivity index (χ4n) is 1.66. The van der Waals surface area contributed by atoms with E-state index in [2.05, 4.69) is 26.8 Å². The lowest BCUT2D eigenvalue weighted by molar-refractivity contribution is -0.122. The summed E-state index contributed by atoms with van der Waals surface area (Å²) in [6.07, 6.45) is -0.371. The van der Waals surface area contributed by atoms with Crippen molar-refractivity contribution in [1.29, 1.82) is 0 Å². The molecule has 88 valence electrons. The molecule has 2 nitrogen and oxygen atoms in total. The summed E-state index contributed by atoms with van der Waals surface area (Å²) in [5, 5.41) is 0. The van der Waals surface area contributed by atoms with Crippen LogP contribution in [-0.4, -0.2) is 11.9 Å². The number of hydrogen-bond acceptors (Lipinski definition) is 2. The first-order valence-electron chi connectivity index (χ1n) is 5.69. The molecule has 0 saturated heterocycles. The summed E-state index contributed by atoms with van der Waals surface area (Å²) in [6, 6.07) is 6.00. The monoisotopic (exact) mass is 220 g/mol. The zero-order chi connectivity index (χ0) is 12.3. The number of rotatable bonds is 4. The Morgan fingerprint density at radius 1 is 1.25 bits per heavy atom. The van der Waals surface area contributed by atoms with Crippen molar-refractivity contribution in [1.82, 2.24) is 0 Å². The Kier molecular flexibility index (Phi) is 4.11. The van der Waals surface area contributed by atoms with Crippen LogP contribution in [0.1, 0.15) is 44.7 Å². The van der Waals surface area contributed by atoms with Gasteiger partial charge in [0.25, 0.3) is 0 Å². The van der Waals surface area contributed by atoms with Gasteiger partial charge in [-0.3, -0.25) is 4.79 Å². The van der Waals surface area contributed by atoms with Crippen molar-refractivity contribution in [2.75, 3.05) is 0 Å². The minimum absolute atomic E-state index is 0.0468. The number of aryl methyl sites for hydroxylation is 1. The first-order chi connectivity index (χ1) is 7.41. The van der Waals surface area contributed by atoms with E-state index in [-0.39, 0.29) is 11.9 Å². The van der Waals surface area contributed by atoms with E-state index in [1.807, 2.05) is 12.1 Å². The lowest BCUT2D eigenvalue weighted by atomic mass is 9.98. The molecule has 1 rings (SSSR count). The van der Waals surface area contributed by atoms with Crippen LogP contribution in [0.15, 0.2) is 18.2 Å². The van der Waals surface area contributed by atoms with Gasteiger partial charge in [-0.05, 0) is 49.9 Å². The SMILES string of the molecule is CC(=O)C(C)Oc1ccc(C(C)C)c(C)c1. The van der Waals surface area contributed by atoms with Crippen molar-refractivity contribution in [3.8, 4) is 5.75 Å². The van der Waals surface area contributed by atoms with E-state index in [4.69, 9.17) is 4.74 Å². The normalized spacial score (nSPS) is 12.6. The highest BCUT2D eigenvalue weighted by Crippen LogP contribution is 2.24. The van der Waals surface area contributed by atoms with Gasteiger partial charge in [0.05, 0.1) is 0 Å². The Balaban J connectivity index is 2.85. The molecule has 0 fully saturated rings. The average molecular weight is 220 g/mol. The van der Waals surface area contributed by atoms with E-state index in [0.29, 0.717) is 5.92 Å². The Morgan fingerprint density at radius 2 is 1.88 bits per heavy atom. The van der Waals surface area contributed by atoms with Crippen LogP contribution in [-0.2, 0) is 4.79 Å². The van der Waals surface area contributed by atoms with Crippen molar-refractivity contribution in [2.45, 2.75) is 46.6 Å². The zero-order valence-corrected chi connectivity index (χ0v) is 10.7. The third kappa shape index (κ3) is 3.09. The third-order valence-electron chi connectivity index (χ3n) is 2.75. The second-order valence-corrected chi connectivity index (χ2v) is 4.54. The molecule has 0 spiro atoms. The van der Waals surface area contributed by atoms with E-state index in [0.717, 1.165) is 5.75 Å². The average Bonchev–Trinajstić information content (AvgIpc) is 2.16. The second kappa shape index (κ2) is 5.15. The van der Waals surface area contributed by atoms with Crippen molar-refractivity contribution in [3.63, 3.8) is 0 Å². The Hall–Kier alpha value is -1.31. The molecular weight excluding hydrogens is 200 g/mol.